The lowest BCUT2D eigenvalue weighted by atomic mass is 10.2. The number of hydrogen-bond acceptors (Lipinski definition) is 5. The Morgan fingerprint density at radius 3 is 2.29 bits per heavy atom. The molecule has 0 atom stereocenters. The third-order valence-electron chi connectivity index (χ3n) is 2.88. The van der Waals surface area contributed by atoms with Gasteiger partial charge in [-0.1, -0.05) is 0 Å². The van der Waals surface area contributed by atoms with E-state index in [4.69, 9.17) is 15.2 Å². The molecule has 0 fully saturated rings. The zero-order valence-corrected chi connectivity index (χ0v) is 12.7. The highest BCUT2D eigenvalue weighted by molar-refractivity contribution is 7.90. The van der Waals surface area contributed by atoms with Gasteiger partial charge in [-0.05, 0) is 42.0 Å². The molecular formula is C15H17NO4S. The van der Waals surface area contributed by atoms with Gasteiger partial charge in [0.1, 0.15) is 18.1 Å². The quantitative estimate of drug-likeness (QED) is 0.857. The van der Waals surface area contributed by atoms with Gasteiger partial charge < -0.3 is 15.2 Å². The highest BCUT2D eigenvalue weighted by atomic mass is 32.2. The zero-order valence-electron chi connectivity index (χ0n) is 11.9. The maximum absolute atomic E-state index is 11.4. The van der Waals surface area contributed by atoms with Crippen LogP contribution in [-0.2, 0) is 16.4 Å². The molecular weight excluding hydrogens is 290 g/mol. The van der Waals surface area contributed by atoms with Gasteiger partial charge in [0.2, 0.25) is 0 Å². The molecule has 0 aromatic heterocycles. The molecule has 0 heterocycles. The van der Waals surface area contributed by atoms with Crippen LogP contribution < -0.4 is 15.2 Å². The third-order valence-corrected chi connectivity index (χ3v) is 4.01. The van der Waals surface area contributed by atoms with Crippen molar-refractivity contribution >= 4 is 15.5 Å². The first-order chi connectivity index (χ1) is 9.88. The number of ether oxygens (including phenoxy) is 2. The van der Waals surface area contributed by atoms with Crippen molar-refractivity contribution in [1.82, 2.24) is 0 Å². The number of anilines is 1. The second-order valence-corrected chi connectivity index (χ2v) is 6.66. The van der Waals surface area contributed by atoms with Crippen LogP contribution in [0.5, 0.6) is 11.5 Å². The van der Waals surface area contributed by atoms with E-state index in [1.54, 1.807) is 31.4 Å². The molecule has 2 N–H and O–H groups in total. The van der Waals surface area contributed by atoms with E-state index in [-0.39, 0.29) is 4.90 Å². The SMILES string of the molecule is COc1cc(N)cc(COc2ccc(S(C)(=O)=O)cc2)c1. The Labute approximate surface area is 124 Å². The normalized spacial score (nSPS) is 11.1. The summed E-state index contributed by atoms with van der Waals surface area (Å²) in [7, 11) is -1.62. The van der Waals surface area contributed by atoms with Crippen LogP contribution in [0.4, 0.5) is 5.69 Å². The maximum atomic E-state index is 11.4. The summed E-state index contributed by atoms with van der Waals surface area (Å²) in [5, 5.41) is 0. The molecule has 0 saturated heterocycles. The summed E-state index contributed by atoms with van der Waals surface area (Å²) in [6, 6.07) is 11.6. The number of sulfone groups is 1. The van der Waals surface area contributed by atoms with Gasteiger partial charge in [0, 0.05) is 18.0 Å². The summed E-state index contributed by atoms with van der Waals surface area (Å²) in [6.07, 6.45) is 1.17. The number of nitrogens with two attached hydrogens (primary N) is 1. The lowest BCUT2D eigenvalue weighted by Gasteiger charge is -2.09. The van der Waals surface area contributed by atoms with E-state index in [1.165, 1.54) is 18.4 Å². The summed E-state index contributed by atoms with van der Waals surface area (Å²) >= 11 is 0. The van der Waals surface area contributed by atoms with Crippen LogP contribution in [0.2, 0.25) is 0 Å². The van der Waals surface area contributed by atoms with Crippen LogP contribution in [0.25, 0.3) is 0 Å². The minimum Gasteiger partial charge on any atom is -0.497 e. The van der Waals surface area contributed by atoms with Gasteiger partial charge >= 0.3 is 0 Å². The highest BCUT2D eigenvalue weighted by Crippen LogP contribution is 2.21. The van der Waals surface area contributed by atoms with E-state index in [0.29, 0.717) is 23.8 Å². The summed E-state index contributed by atoms with van der Waals surface area (Å²) in [5.41, 5.74) is 7.24. The predicted octanol–water partition coefficient (Wildman–Crippen LogP) is 2.26. The largest absolute Gasteiger partial charge is 0.497 e. The number of hydrogen-bond donors (Lipinski definition) is 1. The smallest absolute Gasteiger partial charge is 0.175 e. The number of rotatable bonds is 5. The Bertz CT molecular complexity index is 724. The molecule has 0 unspecified atom stereocenters. The molecule has 21 heavy (non-hydrogen) atoms. The molecule has 0 aliphatic heterocycles. The predicted molar refractivity (Wildman–Crippen MR) is 81.3 cm³/mol. The average molecular weight is 307 g/mol. The molecule has 0 saturated carbocycles. The van der Waals surface area contributed by atoms with Gasteiger partial charge in [-0.25, -0.2) is 8.42 Å². The number of nitrogen functional groups attached to an aromatic ring is 1. The Morgan fingerprint density at radius 2 is 1.71 bits per heavy atom. The third kappa shape index (κ3) is 4.13. The minimum absolute atomic E-state index is 0.264. The molecule has 5 nitrogen and oxygen atoms in total. The fourth-order valence-corrected chi connectivity index (χ4v) is 2.47. The molecule has 6 heteroatoms. The molecule has 112 valence electrons. The van der Waals surface area contributed by atoms with Crippen LogP contribution in [0, 0.1) is 0 Å². The van der Waals surface area contributed by atoms with Crippen LogP contribution in [0.15, 0.2) is 47.4 Å². The fraction of sp³-hybridized carbons (Fsp3) is 0.200. The van der Waals surface area contributed by atoms with Crippen LogP contribution in [0.1, 0.15) is 5.56 Å². The summed E-state index contributed by atoms with van der Waals surface area (Å²) < 4.78 is 33.5. The van der Waals surface area contributed by atoms with Crippen molar-refractivity contribution in [2.45, 2.75) is 11.5 Å². The average Bonchev–Trinajstić information content (AvgIpc) is 2.44. The van der Waals surface area contributed by atoms with E-state index in [1.807, 2.05) is 6.07 Å². The fourth-order valence-electron chi connectivity index (χ4n) is 1.84. The first-order valence-corrected chi connectivity index (χ1v) is 8.14. The Hall–Kier alpha value is -2.21. The monoisotopic (exact) mass is 307 g/mol. The molecule has 0 aliphatic rings. The van der Waals surface area contributed by atoms with E-state index in [2.05, 4.69) is 0 Å². The lowest BCUT2D eigenvalue weighted by molar-refractivity contribution is 0.305. The van der Waals surface area contributed by atoms with Gasteiger partial charge in [-0.15, -0.1) is 0 Å². The Balaban J connectivity index is 2.08. The molecule has 2 aromatic carbocycles. The van der Waals surface area contributed by atoms with Crippen molar-refractivity contribution in [3.8, 4) is 11.5 Å². The van der Waals surface area contributed by atoms with E-state index in [0.717, 1.165) is 5.56 Å². The molecule has 0 bridgehead atoms. The van der Waals surface area contributed by atoms with Gasteiger partial charge in [0.25, 0.3) is 0 Å². The first-order valence-electron chi connectivity index (χ1n) is 6.25. The number of methoxy groups -OCH3 is 1. The van der Waals surface area contributed by atoms with Gasteiger partial charge in [-0.3, -0.25) is 0 Å². The van der Waals surface area contributed by atoms with E-state index >= 15 is 0 Å². The summed E-state index contributed by atoms with van der Waals surface area (Å²) in [4.78, 5) is 0.264. The summed E-state index contributed by atoms with van der Waals surface area (Å²) in [5.74, 6) is 1.25. The molecule has 0 aliphatic carbocycles. The van der Waals surface area contributed by atoms with E-state index < -0.39 is 9.84 Å². The minimum atomic E-state index is -3.19. The van der Waals surface area contributed by atoms with Gasteiger partial charge in [-0.2, -0.15) is 0 Å². The first kappa shape index (κ1) is 15.2. The van der Waals surface area contributed by atoms with Crippen molar-refractivity contribution in [3.63, 3.8) is 0 Å². The van der Waals surface area contributed by atoms with Crippen molar-refractivity contribution in [2.75, 3.05) is 19.1 Å². The maximum Gasteiger partial charge on any atom is 0.175 e. The van der Waals surface area contributed by atoms with Crippen molar-refractivity contribution in [2.24, 2.45) is 0 Å². The second kappa shape index (κ2) is 6.05. The Morgan fingerprint density at radius 1 is 1.05 bits per heavy atom. The van der Waals surface area contributed by atoms with Crippen LogP contribution in [-0.4, -0.2) is 21.8 Å². The van der Waals surface area contributed by atoms with Crippen LogP contribution >= 0.6 is 0 Å². The zero-order chi connectivity index (χ0) is 15.5. The van der Waals surface area contributed by atoms with E-state index in [9.17, 15) is 8.42 Å². The lowest BCUT2D eigenvalue weighted by Crippen LogP contribution is -1.99. The topological polar surface area (TPSA) is 78.6 Å². The molecule has 2 aromatic rings. The van der Waals surface area contributed by atoms with Crippen molar-refractivity contribution < 1.29 is 17.9 Å². The van der Waals surface area contributed by atoms with Crippen molar-refractivity contribution in [1.29, 1.82) is 0 Å². The summed E-state index contributed by atoms with van der Waals surface area (Å²) in [6.45, 7) is 0.319. The van der Waals surface area contributed by atoms with Gasteiger partial charge in [0.05, 0.1) is 12.0 Å². The van der Waals surface area contributed by atoms with Gasteiger partial charge in [0.15, 0.2) is 9.84 Å². The molecule has 0 radical (unpaired) electrons. The molecule has 0 spiro atoms. The van der Waals surface area contributed by atoms with Crippen LogP contribution in [0.3, 0.4) is 0 Å². The second-order valence-electron chi connectivity index (χ2n) is 4.65. The number of benzene rings is 2. The molecule has 2 rings (SSSR count). The standard InChI is InChI=1S/C15H17NO4S/c1-19-14-8-11(7-12(16)9-14)10-20-13-3-5-15(6-4-13)21(2,17)18/h3-9H,10,16H2,1-2H3. The van der Waals surface area contributed by atoms with Crippen molar-refractivity contribution in [3.05, 3.63) is 48.0 Å². The highest BCUT2D eigenvalue weighted by Gasteiger charge is 2.07. The molecule has 0 amide bonds. The Kier molecular flexibility index (Phi) is 4.37.